The van der Waals surface area contributed by atoms with E-state index in [1.165, 1.54) is 0 Å². The van der Waals surface area contributed by atoms with Gasteiger partial charge in [0.15, 0.2) is 0 Å². The molecule has 2 unspecified atom stereocenters. The fourth-order valence-corrected chi connectivity index (χ4v) is 2.16. The third-order valence-corrected chi connectivity index (χ3v) is 3.57. The van der Waals surface area contributed by atoms with Gasteiger partial charge in [-0.05, 0) is 13.8 Å². The van der Waals surface area contributed by atoms with Gasteiger partial charge in [-0.25, -0.2) is 8.78 Å². The Hall–Kier alpha value is -1.03. The molecule has 0 saturated heterocycles. The van der Waals surface area contributed by atoms with Crippen molar-refractivity contribution < 1.29 is 48.3 Å². The smallest absolute Gasteiger partial charge is 0.229 e. The molecule has 0 aliphatic carbocycles. The van der Waals surface area contributed by atoms with Gasteiger partial charge in [0.2, 0.25) is 11.3 Å². The van der Waals surface area contributed by atoms with Gasteiger partial charge in [-0.3, -0.25) is 0 Å². The maximum atomic E-state index is 14.9. The van der Waals surface area contributed by atoms with Gasteiger partial charge in [0.05, 0.1) is 0 Å². The number of hydrogen-bond donors (Lipinski definition) is 0. The zero-order valence-electron chi connectivity index (χ0n) is 13.2. The van der Waals surface area contributed by atoms with E-state index in [0.29, 0.717) is 20.8 Å². The second-order valence-electron chi connectivity index (χ2n) is 6.40. The molecule has 0 nitrogen and oxygen atoms in total. The van der Waals surface area contributed by atoms with Crippen LogP contribution in [0, 0.1) is 5.41 Å². The van der Waals surface area contributed by atoms with E-state index >= 15 is 0 Å². The summed E-state index contributed by atoms with van der Waals surface area (Å²) in [5.41, 5.74) is -19.0. The fraction of sp³-hybridized carbons (Fsp3) is 0.846. The summed E-state index contributed by atoms with van der Waals surface area (Å²) in [6.45, 7) is 0.498. The van der Waals surface area contributed by atoms with Crippen LogP contribution >= 0.6 is 0 Å². The standard InChI is InChI=1S/C13H15F11/c1-6(11(16,17)18)7(9(5,14)12(19,20)21)10(15,8(2,3)4)13(22,23)24/h1-5H3/b7-6-. The van der Waals surface area contributed by atoms with E-state index in [2.05, 4.69) is 0 Å². The lowest BCUT2D eigenvalue weighted by Gasteiger charge is -2.45. The molecule has 0 radical (unpaired) electrons. The molecule has 0 amide bonds. The molecule has 0 bridgehead atoms. The molecule has 0 rings (SSSR count). The largest absolute Gasteiger partial charge is 0.427 e. The van der Waals surface area contributed by atoms with Gasteiger partial charge >= 0.3 is 18.5 Å². The van der Waals surface area contributed by atoms with Gasteiger partial charge in [0, 0.05) is 16.6 Å². The zero-order chi connectivity index (χ0) is 20.2. The third-order valence-electron chi connectivity index (χ3n) is 3.57. The predicted molar refractivity (Wildman–Crippen MR) is 63.7 cm³/mol. The molecular formula is C13H15F11. The van der Waals surface area contributed by atoms with Crippen molar-refractivity contribution in [3.05, 3.63) is 11.1 Å². The van der Waals surface area contributed by atoms with Crippen LogP contribution < -0.4 is 0 Å². The number of halogens is 11. The third kappa shape index (κ3) is 3.63. The lowest BCUT2D eigenvalue weighted by atomic mass is 9.67. The van der Waals surface area contributed by atoms with E-state index in [-0.39, 0.29) is 6.92 Å². The summed E-state index contributed by atoms with van der Waals surface area (Å²) in [6.07, 6.45) is -18.2. The number of rotatable bonds is 2. The van der Waals surface area contributed by atoms with Gasteiger partial charge in [0.25, 0.3) is 0 Å². The van der Waals surface area contributed by atoms with Crippen LogP contribution in [-0.4, -0.2) is 29.9 Å². The summed E-state index contributed by atoms with van der Waals surface area (Å²) in [7, 11) is 0. The maximum absolute atomic E-state index is 14.9. The molecule has 0 heterocycles. The lowest BCUT2D eigenvalue weighted by Crippen LogP contribution is -2.60. The van der Waals surface area contributed by atoms with Gasteiger partial charge in [-0.1, -0.05) is 20.8 Å². The SMILES string of the molecule is C/C(=C(\C(C)(F)C(F)(F)F)C(F)(C(C)(C)C)C(F)(F)F)C(F)(F)F. The van der Waals surface area contributed by atoms with Crippen molar-refractivity contribution in [1.29, 1.82) is 0 Å². The molecule has 11 heteroatoms. The molecular weight excluding hydrogens is 365 g/mol. The summed E-state index contributed by atoms with van der Waals surface area (Å²) < 4.78 is 146. The monoisotopic (exact) mass is 380 g/mol. The molecule has 0 spiro atoms. The highest BCUT2D eigenvalue weighted by Crippen LogP contribution is 2.59. The highest BCUT2D eigenvalue weighted by atomic mass is 19.4. The Balaban J connectivity index is 7.26. The highest BCUT2D eigenvalue weighted by molar-refractivity contribution is 5.39. The molecule has 144 valence electrons. The fourth-order valence-electron chi connectivity index (χ4n) is 2.16. The summed E-state index contributed by atoms with van der Waals surface area (Å²) in [5, 5.41) is 0. The van der Waals surface area contributed by atoms with Crippen LogP contribution in [0.25, 0.3) is 0 Å². The summed E-state index contributed by atoms with van der Waals surface area (Å²) in [4.78, 5) is 0. The molecule has 0 aromatic carbocycles. The van der Waals surface area contributed by atoms with E-state index in [1.807, 2.05) is 0 Å². The van der Waals surface area contributed by atoms with Gasteiger partial charge < -0.3 is 0 Å². The van der Waals surface area contributed by atoms with Crippen LogP contribution in [0.2, 0.25) is 0 Å². The summed E-state index contributed by atoms with van der Waals surface area (Å²) >= 11 is 0. The molecule has 24 heavy (non-hydrogen) atoms. The van der Waals surface area contributed by atoms with Gasteiger partial charge in [0.1, 0.15) is 0 Å². The van der Waals surface area contributed by atoms with E-state index in [0.717, 1.165) is 0 Å². The highest BCUT2D eigenvalue weighted by Gasteiger charge is 2.73. The van der Waals surface area contributed by atoms with Crippen LogP contribution in [0.1, 0.15) is 34.6 Å². The molecule has 0 fully saturated rings. The second-order valence-corrected chi connectivity index (χ2v) is 6.40. The first-order valence-electron chi connectivity index (χ1n) is 6.33. The minimum absolute atomic E-state index is 0.218. The Morgan fingerprint density at radius 3 is 1.08 bits per heavy atom. The molecule has 0 aromatic rings. The van der Waals surface area contributed by atoms with Crippen molar-refractivity contribution in [2.24, 2.45) is 5.41 Å². The van der Waals surface area contributed by atoms with Gasteiger partial charge in [-0.2, -0.15) is 39.5 Å². The Labute approximate surface area is 130 Å². The zero-order valence-corrected chi connectivity index (χ0v) is 13.2. The first-order chi connectivity index (χ1) is 10.0. The number of allylic oxidation sites excluding steroid dienone is 2. The minimum atomic E-state index is -6.23. The van der Waals surface area contributed by atoms with Crippen LogP contribution in [-0.2, 0) is 0 Å². The Morgan fingerprint density at radius 2 is 0.917 bits per heavy atom. The van der Waals surface area contributed by atoms with Crippen LogP contribution in [0.3, 0.4) is 0 Å². The van der Waals surface area contributed by atoms with E-state index in [1.54, 1.807) is 0 Å². The van der Waals surface area contributed by atoms with Gasteiger partial charge in [-0.15, -0.1) is 0 Å². The average Bonchev–Trinajstić information content (AvgIpc) is 2.22. The Bertz CT molecular complexity index is 480. The van der Waals surface area contributed by atoms with Crippen LogP contribution in [0.4, 0.5) is 48.3 Å². The average molecular weight is 380 g/mol. The summed E-state index contributed by atoms with van der Waals surface area (Å²) in [5.74, 6) is 0. The predicted octanol–water partition coefficient (Wildman–Crippen LogP) is 6.47. The lowest BCUT2D eigenvalue weighted by molar-refractivity contribution is -0.271. The number of alkyl halides is 11. The molecule has 0 aromatic heterocycles. The molecule has 0 N–H and O–H groups in total. The van der Waals surface area contributed by atoms with Crippen molar-refractivity contribution in [3.63, 3.8) is 0 Å². The van der Waals surface area contributed by atoms with Crippen molar-refractivity contribution >= 4 is 0 Å². The van der Waals surface area contributed by atoms with E-state index < -0.39 is 53.4 Å². The molecule has 0 aliphatic rings. The minimum Gasteiger partial charge on any atom is -0.229 e. The van der Waals surface area contributed by atoms with Crippen molar-refractivity contribution in [2.45, 2.75) is 64.5 Å². The quantitative estimate of drug-likeness (QED) is 0.380. The van der Waals surface area contributed by atoms with E-state index in [4.69, 9.17) is 0 Å². The number of hydrogen-bond acceptors (Lipinski definition) is 0. The van der Waals surface area contributed by atoms with Crippen molar-refractivity contribution in [1.82, 2.24) is 0 Å². The topological polar surface area (TPSA) is 0 Å². The van der Waals surface area contributed by atoms with Crippen LogP contribution in [0.15, 0.2) is 11.1 Å². The second kappa shape index (κ2) is 5.76. The van der Waals surface area contributed by atoms with Crippen molar-refractivity contribution in [2.75, 3.05) is 0 Å². The normalized spacial score (nSPS) is 21.0. The summed E-state index contributed by atoms with van der Waals surface area (Å²) in [6, 6.07) is 0. The molecule has 2 atom stereocenters. The first kappa shape index (κ1) is 23.0. The van der Waals surface area contributed by atoms with E-state index in [9.17, 15) is 48.3 Å². The molecule has 0 aliphatic heterocycles. The first-order valence-corrected chi connectivity index (χ1v) is 6.33. The maximum Gasteiger partial charge on any atom is 0.427 e. The Morgan fingerprint density at radius 1 is 0.583 bits per heavy atom. The van der Waals surface area contributed by atoms with Crippen molar-refractivity contribution in [3.8, 4) is 0 Å². The molecule has 0 saturated carbocycles. The Kier molecular flexibility index (Phi) is 5.51. The van der Waals surface area contributed by atoms with Crippen LogP contribution in [0.5, 0.6) is 0 Å².